The SMILES string of the molecule is O=C(/C=C/c1ccc(OCCF)cc1)c1cccc2ccccc12. The van der Waals surface area contributed by atoms with Gasteiger partial charge in [-0.05, 0) is 34.5 Å². The minimum atomic E-state index is -0.513. The highest BCUT2D eigenvalue weighted by molar-refractivity contribution is 6.14. The maximum atomic E-state index is 12.5. The minimum absolute atomic E-state index is 0.0374. The lowest BCUT2D eigenvalue weighted by Gasteiger charge is -2.04. The molecule has 0 unspecified atom stereocenters. The zero-order chi connectivity index (χ0) is 16.8. The van der Waals surface area contributed by atoms with Crippen molar-refractivity contribution in [1.29, 1.82) is 0 Å². The maximum Gasteiger partial charge on any atom is 0.186 e. The van der Waals surface area contributed by atoms with Gasteiger partial charge in [0.05, 0.1) is 0 Å². The van der Waals surface area contributed by atoms with E-state index in [0.717, 1.165) is 16.3 Å². The van der Waals surface area contributed by atoms with Gasteiger partial charge >= 0.3 is 0 Å². The number of ketones is 1. The topological polar surface area (TPSA) is 26.3 Å². The molecule has 0 radical (unpaired) electrons. The van der Waals surface area contributed by atoms with Crippen molar-refractivity contribution in [1.82, 2.24) is 0 Å². The molecule has 0 aromatic heterocycles. The number of benzene rings is 3. The van der Waals surface area contributed by atoms with Crippen LogP contribution in [0.1, 0.15) is 15.9 Å². The molecule has 0 heterocycles. The van der Waals surface area contributed by atoms with Crippen LogP contribution >= 0.6 is 0 Å². The van der Waals surface area contributed by atoms with Crippen LogP contribution in [-0.4, -0.2) is 19.1 Å². The van der Waals surface area contributed by atoms with Crippen molar-refractivity contribution >= 4 is 22.6 Å². The summed E-state index contributed by atoms with van der Waals surface area (Å²) in [6.45, 7) is -0.462. The first-order valence-electron chi connectivity index (χ1n) is 7.77. The number of hydrogen-bond donors (Lipinski definition) is 0. The molecule has 0 amide bonds. The molecule has 0 spiro atoms. The molecule has 0 saturated carbocycles. The Morgan fingerprint density at radius 1 is 0.958 bits per heavy atom. The molecule has 3 heteroatoms. The van der Waals surface area contributed by atoms with E-state index in [1.165, 1.54) is 0 Å². The summed E-state index contributed by atoms with van der Waals surface area (Å²) in [6.07, 6.45) is 3.34. The third kappa shape index (κ3) is 3.69. The van der Waals surface area contributed by atoms with Gasteiger partial charge in [0.1, 0.15) is 19.0 Å². The molecule has 3 rings (SSSR count). The van der Waals surface area contributed by atoms with Crippen molar-refractivity contribution in [2.24, 2.45) is 0 Å². The summed E-state index contributed by atoms with van der Waals surface area (Å²) in [5.41, 5.74) is 1.57. The molecule has 0 aliphatic carbocycles. The third-order valence-corrected chi connectivity index (χ3v) is 3.71. The largest absolute Gasteiger partial charge is 0.491 e. The lowest BCUT2D eigenvalue weighted by molar-refractivity contribution is 0.104. The number of halogens is 1. The molecule has 24 heavy (non-hydrogen) atoms. The van der Waals surface area contributed by atoms with E-state index in [1.54, 1.807) is 24.3 Å². The standard InChI is InChI=1S/C21H17FO2/c22-14-15-24-18-11-8-16(9-12-18)10-13-21(23)20-7-3-5-17-4-1-2-6-19(17)20/h1-13H,14-15H2/b13-10+. The van der Waals surface area contributed by atoms with Crippen LogP contribution in [0.2, 0.25) is 0 Å². The fraction of sp³-hybridized carbons (Fsp3) is 0.0952. The second kappa shape index (κ2) is 7.55. The Labute approximate surface area is 140 Å². The second-order valence-electron chi connectivity index (χ2n) is 5.33. The molecule has 0 aliphatic rings. The van der Waals surface area contributed by atoms with E-state index in [1.807, 2.05) is 54.6 Å². The number of carbonyl (C=O) groups excluding carboxylic acids is 1. The van der Waals surface area contributed by atoms with Gasteiger partial charge in [0, 0.05) is 5.56 Å². The summed E-state index contributed by atoms with van der Waals surface area (Å²) in [5.74, 6) is 0.578. The van der Waals surface area contributed by atoms with Crippen LogP contribution in [0, 0.1) is 0 Å². The number of allylic oxidation sites excluding steroid dienone is 1. The van der Waals surface area contributed by atoms with Crippen LogP contribution in [0.4, 0.5) is 4.39 Å². The smallest absolute Gasteiger partial charge is 0.186 e. The molecule has 0 atom stereocenters. The van der Waals surface area contributed by atoms with Gasteiger partial charge in [-0.1, -0.05) is 60.7 Å². The quantitative estimate of drug-likeness (QED) is 0.467. The Morgan fingerprint density at radius 2 is 1.71 bits per heavy atom. The Balaban J connectivity index is 1.77. The Kier molecular flexibility index (Phi) is 5.02. The average molecular weight is 320 g/mol. The molecule has 3 aromatic rings. The van der Waals surface area contributed by atoms with Crippen molar-refractivity contribution < 1.29 is 13.9 Å². The lowest BCUT2D eigenvalue weighted by atomic mass is 10.0. The van der Waals surface area contributed by atoms with E-state index in [4.69, 9.17) is 4.74 Å². The fourth-order valence-electron chi connectivity index (χ4n) is 2.53. The summed E-state index contributed by atoms with van der Waals surface area (Å²) in [6, 6.07) is 20.7. The first-order chi connectivity index (χ1) is 11.8. The number of fused-ring (bicyclic) bond motifs is 1. The molecule has 0 aliphatic heterocycles. The second-order valence-corrected chi connectivity index (χ2v) is 5.33. The number of alkyl halides is 1. The monoisotopic (exact) mass is 320 g/mol. The Morgan fingerprint density at radius 3 is 2.50 bits per heavy atom. The van der Waals surface area contributed by atoms with Crippen LogP contribution in [0.25, 0.3) is 16.8 Å². The van der Waals surface area contributed by atoms with Crippen molar-refractivity contribution in [3.05, 3.63) is 83.9 Å². The molecule has 0 fully saturated rings. The highest BCUT2D eigenvalue weighted by atomic mass is 19.1. The predicted molar refractivity (Wildman–Crippen MR) is 95.2 cm³/mol. The van der Waals surface area contributed by atoms with Crippen molar-refractivity contribution in [2.75, 3.05) is 13.3 Å². The predicted octanol–water partition coefficient (Wildman–Crippen LogP) is 5.08. The highest BCUT2D eigenvalue weighted by Gasteiger charge is 2.06. The molecule has 0 saturated heterocycles. The Bertz CT molecular complexity index is 861. The van der Waals surface area contributed by atoms with Gasteiger partial charge in [-0.2, -0.15) is 0 Å². The zero-order valence-electron chi connectivity index (χ0n) is 13.1. The summed E-state index contributed by atoms with van der Waals surface area (Å²) in [4.78, 5) is 12.5. The number of rotatable bonds is 6. The van der Waals surface area contributed by atoms with Crippen LogP contribution in [0.3, 0.4) is 0 Å². The molecule has 2 nitrogen and oxygen atoms in total. The molecule has 0 bridgehead atoms. The van der Waals surface area contributed by atoms with Crippen molar-refractivity contribution in [3.63, 3.8) is 0 Å². The lowest BCUT2D eigenvalue weighted by Crippen LogP contribution is -1.98. The minimum Gasteiger partial charge on any atom is -0.491 e. The van der Waals surface area contributed by atoms with E-state index in [2.05, 4.69) is 0 Å². The van der Waals surface area contributed by atoms with Gasteiger partial charge in [-0.3, -0.25) is 4.79 Å². The molecule has 0 N–H and O–H groups in total. The van der Waals surface area contributed by atoms with Crippen molar-refractivity contribution in [3.8, 4) is 5.75 Å². The van der Waals surface area contributed by atoms with Gasteiger partial charge in [-0.15, -0.1) is 0 Å². The van der Waals surface area contributed by atoms with E-state index in [-0.39, 0.29) is 12.4 Å². The summed E-state index contributed by atoms with van der Waals surface area (Å²) < 4.78 is 17.3. The molecule has 120 valence electrons. The third-order valence-electron chi connectivity index (χ3n) is 3.71. The van der Waals surface area contributed by atoms with Gasteiger partial charge < -0.3 is 4.74 Å². The molecular weight excluding hydrogens is 303 g/mol. The fourth-order valence-corrected chi connectivity index (χ4v) is 2.53. The van der Waals surface area contributed by atoms with Crippen molar-refractivity contribution in [2.45, 2.75) is 0 Å². The van der Waals surface area contributed by atoms with E-state index >= 15 is 0 Å². The molecule has 3 aromatic carbocycles. The first kappa shape index (κ1) is 15.9. The van der Waals surface area contributed by atoms with Crippen LogP contribution in [-0.2, 0) is 0 Å². The van der Waals surface area contributed by atoms with Crippen LogP contribution in [0.5, 0.6) is 5.75 Å². The van der Waals surface area contributed by atoms with Gasteiger partial charge in [-0.25, -0.2) is 4.39 Å². The highest BCUT2D eigenvalue weighted by Crippen LogP contribution is 2.20. The average Bonchev–Trinajstić information content (AvgIpc) is 2.64. The normalized spacial score (nSPS) is 11.0. The maximum absolute atomic E-state index is 12.5. The number of ether oxygens (including phenoxy) is 1. The van der Waals surface area contributed by atoms with Gasteiger partial charge in [0.25, 0.3) is 0 Å². The van der Waals surface area contributed by atoms with E-state index < -0.39 is 6.67 Å². The first-order valence-corrected chi connectivity index (χ1v) is 7.77. The zero-order valence-corrected chi connectivity index (χ0v) is 13.1. The van der Waals surface area contributed by atoms with E-state index in [9.17, 15) is 9.18 Å². The summed E-state index contributed by atoms with van der Waals surface area (Å²) in [7, 11) is 0. The number of hydrogen-bond acceptors (Lipinski definition) is 2. The van der Waals surface area contributed by atoms with Crippen LogP contribution in [0.15, 0.2) is 72.8 Å². The molecular formula is C21H17FO2. The van der Waals surface area contributed by atoms with Gasteiger partial charge in [0.15, 0.2) is 5.78 Å². The van der Waals surface area contributed by atoms with Crippen LogP contribution < -0.4 is 4.74 Å². The summed E-state index contributed by atoms with van der Waals surface area (Å²) in [5, 5.41) is 2.00. The van der Waals surface area contributed by atoms with E-state index in [0.29, 0.717) is 11.3 Å². The summed E-state index contributed by atoms with van der Waals surface area (Å²) >= 11 is 0. The Hall–Kier alpha value is -2.94. The number of carbonyl (C=O) groups is 1. The van der Waals surface area contributed by atoms with Gasteiger partial charge in [0.2, 0.25) is 0 Å².